The van der Waals surface area contributed by atoms with Gasteiger partial charge in [0.2, 0.25) is 5.91 Å². The Bertz CT molecular complexity index is 989. The third kappa shape index (κ3) is 2.89. The summed E-state index contributed by atoms with van der Waals surface area (Å²) in [6.07, 6.45) is 2.96. The van der Waals surface area contributed by atoms with E-state index >= 15 is 0 Å². The van der Waals surface area contributed by atoms with E-state index in [4.69, 9.17) is 11.6 Å². The first-order valence-corrected chi connectivity index (χ1v) is 11.5. The maximum absolute atomic E-state index is 13.9. The predicted molar refractivity (Wildman–Crippen MR) is 117 cm³/mol. The second kappa shape index (κ2) is 7.06. The Kier molecular flexibility index (Phi) is 4.63. The predicted octanol–water partition coefficient (Wildman–Crippen LogP) is 4.72. The third-order valence-corrected chi connectivity index (χ3v) is 7.99. The molecule has 0 unspecified atom stereocenters. The van der Waals surface area contributed by atoms with Crippen LogP contribution in [-0.2, 0) is 21.0 Å². The van der Waals surface area contributed by atoms with E-state index < -0.39 is 4.87 Å². The molecule has 1 atom stereocenters. The molecule has 29 heavy (non-hydrogen) atoms. The van der Waals surface area contributed by atoms with E-state index in [2.05, 4.69) is 31.2 Å². The van der Waals surface area contributed by atoms with Crippen LogP contribution in [0.3, 0.4) is 0 Å². The lowest BCUT2D eigenvalue weighted by molar-refractivity contribution is -0.145. The minimum atomic E-state index is -0.975. The van der Waals surface area contributed by atoms with Crippen molar-refractivity contribution < 1.29 is 9.59 Å². The number of carbonyl (C=O) groups is 2. The lowest BCUT2D eigenvalue weighted by Crippen LogP contribution is -2.52. The zero-order chi connectivity index (χ0) is 20.2. The van der Waals surface area contributed by atoms with Gasteiger partial charge in [-0.2, -0.15) is 0 Å². The van der Waals surface area contributed by atoms with Crippen LogP contribution < -0.4 is 4.90 Å². The largest absolute Gasteiger partial charge is 0.315 e. The lowest BCUT2D eigenvalue weighted by Gasteiger charge is -2.37. The van der Waals surface area contributed by atoms with Crippen LogP contribution in [0.2, 0.25) is 5.02 Å². The van der Waals surface area contributed by atoms with E-state index in [9.17, 15) is 9.59 Å². The Labute approximate surface area is 180 Å². The number of hydrogen-bond donors (Lipinski definition) is 0. The van der Waals surface area contributed by atoms with E-state index in [1.165, 1.54) is 5.56 Å². The van der Waals surface area contributed by atoms with Gasteiger partial charge >= 0.3 is 0 Å². The van der Waals surface area contributed by atoms with E-state index in [-0.39, 0.29) is 17.7 Å². The first kappa shape index (κ1) is 19.0. The van der Waals surface area contributed by atoms with E-state index in [0.29, 0.717) is 18.1 Å². The van der Waals surface area contributed by atoms with Crippen molar-refractivity contribution in [2.45, 2.75) is 37.6 Å². The summed E-state index contributed by atoms with van der Waals surface area (Å²) in [5.41, 5.74) is 3.98. The molecule has 6 heteroatoms. The Morgan fingerprint density at radius 1 is 1.21 bits per heavy atom. The summed E-state index contributed by atoms with van der Waals surface area (Å²) in [6.45, 7) is 3.15. The number of fused-ring (bicyclic) bond motifs is 2. The van der Waals surface area contributed by atoms with Crippen molar-refractivity contribution in [3.05, 3.63) is 64.2 Å². The number of amides is 2. The molecule has 4 nitrogen and oxygen atoms in total. The van der Waals surface area contributed by atoms with Crippen molar-refractivity contribution >= 4 is 40.9 Å². The van der Waals surface area contributed by atoms with E-state index in [0.717, 1.165) is 41.8 Å². The number of nitrogens with zero attached hydrogens (tertiary/aromatic N) is 2. The second-order valence-corrected chi connectivity index (χ2v) is 9.87. The molecule has 5 rings (SSSR count). The highest BCUT2D eigenvalue weighted by molar-refractivity contribution is 8.01. The average Bonchev–Trinajstić information content (AvgIpc) is 3.19. The molecule has 0 aromatic heterocycles. The monoisotopic (exact) mass is 426 g/mol. The zero-order valence-electron chi connectivity index (χ0n) is 16.4. The summed E-state index contributed by atoms with van der Waals surface area (Å²) in [5, 5.41) is 0.594. The standard InChI is InChI=1S/C23H23ClN2O2S/c1-15-5-7-16(8-6-15)14-25-20-10-9-18(24)13-19(20)23(22(25)28)26(11-12-29-23)21(27)17-3-2-4-17/h5-10,13,17H,2-4,11-12,14H2,1H3/t23-/m1/s1. The van der Waals surface area contributed by atoms with Crippen molar-refractivity contribution in [2.24, 2.45) is 5.92 Å². The SMILES string of the molecule is Cc1ccc(CN2C(=O)[C@]3(SCCN3C(=O)C3CCC3)c3cc(Cl)ccc32)cc1. The van der Waals surface area contributed by atoms with Gasteiger partial charge in [0, 0.05) is 28.8 Å². The first-order valence-electron chi connectivity index (χ1n) is 10.1. The van der Waals surface area contributed by atoms with E-state index in [1.54, 1.807) is 11.8 Å². The molecule has 2 heterocycles. The molecule has 2 aliphatic heterocycles. The van der Waals surface area contributed by atoms with Crippen molar-refractivity contribution in [1.29, 1.82) is 0 Å². The molecule has 0 N–H and O–H groups in total. The Morgan fingerprint density at radius 3 is 2.66 bits per heavy atom. The van der Waals surface area contributed by atoms with Crippen LogP contribution in [0.5, 0.6) is 0 Å². The summed E-state index contributed by atoms with van der Waals surface area (Å²) in [6, 6.07) is 13.9. The highest BCUT2D eigenvalue weighted by Gasteiger charge is 2.60. The summed E-state index contributed by atoms with van der Waals surface area (Å²) in [7, 11) is 0. The summed E-state index contributed by atoms with van der Waals surface area (Å²) in [4.78, 5) is 29.8. The fourth-order valence-corrected chi connectivity index (χ4v) is 6.15. The van der Waals surface area contributed by atoms with Crippen LogP contribution in [-0.4, -0.2) is 29.0 Å². The van der Waals surface area contributed by atoms with Gasteiger partial charge in [-0.15, -0.1) is 11.8 Å². The number of carbonyl (C=O) groups excluding carboxylic acids is 2. The molecule has 1 saturated carbocycles. The summed E-state index contributed by atoms with van der Waals surface area (Å²) in [5.74, 6) is 0.921. The van der Waals surface area contributed by atoms with Gasteiger partial charge in [0.25, 0.3) is 5.91 Å². The Morgan fingerprint density at radius 2 is 1.97 bits per heavy atom. The Balaban J connectivity index is 1.57. The molecule has 0 bridgehead atoms. The Hall–Kier alpha value is -1.98. The smallest absolute Gasteiger partial charge is 0.268 e. The third-order valence-electron chi connectivity index (χ3n) is 6.34. The van der Waals surface area contributed by atoms with Crippen LogP contribution in [0.4, 0.5) is 5.69 Å². The molecule has 2 amide bonds. The summed E-state index contributed by atoms with van der Waals surface area (Å²) >= 11 is 7.92. The van der Waals surface area contributed by atoms with Gasteiger partial charge in [-0.25, -0.2) is 0 Å². The van der Waals surface area contributed by atoms with Crippen molar-refractivity contribution in [3.8, 4) is 0 Å². The van der Waals surface area contributed by atoms with Crippen LogP contribution in [0.25, 0.3) is 0 Å². The number of benzene rings is 2. The second-order valence-electron chi connectivity index (χ2n) is 8.15. The number of thioether (sulfide) groups is 1. The number of halogens is 1. The fourth-order valence-electron chi connectivity index (χ4n) is 4.52. The highest BCUT2D eigenvalue weighted by Crippen LogP contribution is 2.55. The number of anilines is 1. The molecule has 1 aliphatic carbocycles. The number of aryl methyl sites for hydroxylation is 1. The van der Waals surface area contributed by atoms with Crippen LogP contribution in [0.1, 0.15) is 36.0 Å². The first-order chi connectivity index (χ1) is 14.0. The molecule has 1 saturated heterocycles. The summed E-state index contributed by atoms with van der Waals surface area (Å²) < 4.78 is 0. The van der Waals surface area contributed by atoms with Gasteiger partial charge in [-0.1, -0.05) is 47.9 Å². The van der Waals surface area contributed by atoms with Crippen molar-refractivity contribution in [3.63, 3.8) is 0 Å². The average molecular weight is 427 g/mol. The minimum absolute atomic E-state index is 0.0227. The molecular weight excluding hydrogens is 404 g/mol. The number of hydrogen-bond acceptors (Lipinski definition) is 3. The normalized spacial score (nSPS) is 23.6. The maximum atomic E-state index is 13.9. The molecule has 2 fully saturated rings. The molecule has 1 spiro atoms. The van der Waals surface area contributed by atoms with Gasteiger partial charge in [0.05, 0.1) is 12.2 Å². The topological polar surface area (TPSA) is 40.6 Å². The zero-order valence-corrected chi connectivity index (χ0v) is 17.9. The minimum Gasteiger partial charge on any atom is -0.315 e. The van der Waals surface area contributed by atoms with Gasteiger partial charge < -0.3 is 9.80 Å². The van der Waals surface area contributed by atoms with Gasteiger partial charge in [-0.3, -0.25) is 9.59 Å². The van der Waals surface area contributed by atoms with E-state index in [1.807, 2.05) is 28.0 Å². The highest BCUT2D eigenvalue weighted by atomic mass is 35.5. The van der Waals surface area contributed by atoms with Crippen molar-refractivity contribution in [2.75, 3.05) is 17.2 Å². The van der Waals surface area contributed by atoms with Gasteiger partial charge in [0.15, 0.2) is 4.87 Å². The molecule has 3 aliphatic rings. The van der Waals surface area contributed by atoms with Gasteiger partial charge in [-0.05, 0) is 43.5 Å². The molecule has 0 radical (unpaired) electrons. The molecular formula is C23H23ClN2O2S. The van der Waals surface area contributed by atoms with Crippen LogP contribution in [0.15, 0.2) is 42.5 Å². The van der Waals surface area contributed by atoms with Gasteiger partial charge in [0.1, 0.15) is 0 Å². The number of rotatable bonds is 3. The molecule has 2 aromatic carbocycles. The lowest BCUT2D eigenvalue weighted by atomic mass is 9.84. The molecule has 2 aromatic rings. The molecule has 150 valence electrons. The quantitative estimate of drug-likeness (QED) is 0.712. The van der Waals surface area contributed by atoms with Crippen LogP contribution >= 0.6 is 23.4 Å². The fraction of sp³-hybridized carbons (Fsp3) is 0.391. The van der Waals surface area contributed by atoms with Crippen LogP contribution in [0, 0.1) is 12.8 Å². The van der Waals surface area contributed by atoms with Crippen molar-refractivity contribution in [1.82, 2.24) is 4.90 Å². The maximum Gasteiger partial charge on any atom is 0.268 e.